The van der Waals surface area contributed by atoms with Crippen molar-refractivity contribution >= 4 is 11.7 Å². The smallest absolute Gasteiger partial charge is 0.239 e. The van der Waals surface area contributed by atoms with Gasteiger partial charge in [-0.3, -0.25) is 10.2 Å². The van der Waals surface area contributed by atoms with Gasteiger partial charge in [-0.15, -0.1) is 0 Å². The maximum atomic E-state index is 12.2. The van der Waals surface area contributed by atoms with E-state index < -0.39 is 6.04 Å². The number of carbonyl (C=O) groups excluding carboxylic acids is 1. The highest BCUT2D eigenvalue weighted by Gasteiger charge is 2.22. The van der Waals surface area contributed by atoms with Crippen molar-refractivity contribution in [1.82, 2.24) is 10.2 Å². The van der Waals surface area contributed by atoms with Gasteiger partial charge in [0.15, 0.2) is 0 Å². The van der Waals surface area contributed by atoms with Gasteiger partial charge < -0.3 is 21.7 Å². The van der Waals surface area contributed by atoms with Crippen molar-refractivity contribution in [2.45, 2.75) is 12.5 Å². The van der Waals surface area contributed by atoms with Crippen LogP contribution in [0.25, 0.3) is 0 Å². The SMILES string of the molecule is N=C(N)c1cccc(C[C@H](N)C(=O)N2CCNCC2)c1. The second kappa shape index (κ2) is 6.49. The number of benzene rings is 1. The van der Waals surface area contributed by atoms with E-state index in [-0.39, 0.29) is 11.7 Å². The topological polar surface area (TPSA) is 108 Å². The highest BCUT2D eigenvalue weighted by molar-refractivity contribution is 5.95. The summed E-state index contributed by atoms with van der Waals surface area (Å²) in [7, 11) is 0. The molecule has 0 unspecified atom stereocenters. The number of carbonyl (C=O) groups is 1. The number of nitrogen functional groups attached to an aromatic ring is 1. The molecule has 1 fully saturated rings. The maximum Gasteiger partial charge on any atom is 0.239 e. The first-order chi connectivity index (χ1) is 9.58. The molecule has 1 aliphatic heterocycles. The Balaban J connectivity index is 1.99. The molecule has 6 N–H and O–H groups in total. The van der Waals surface area contributed by atoms with Gasteiger partial charge in [-0.05, 0) is 18.1 Å². The summed E-state index contributed by atoms with van der Waals surface area (Å²) in [6, 6.07) is 6.77. The number of amides is 1. The molecule has 0 spiro atoms. The molecule has 0 aromatic heterocycles. The van der Waals surface area contributed by atoms with Crippen molar-refractivity contribution in [3.8, 4) is 0 Å². The zero-order valence-electron chi connectivity index (χ0n) is 11.4. The van der Waals surface area contributed by atoms with E-state index in [0.717, 1.165) is 18.7 Å². The molecule has 2 rings (SSSR count). The number of hydrogen-bond acceptors (Lipinski definition) is 4. The zero-order valence-corrected chi connectivity index (χ0v) is 11.4. The fourth-order valence-electron chi connectivity index (χ4n) is 2.33. The van der Waals surface area contributed by atoms with Gasteiger partial charge in [0.05, 0.1) is 6.04 Å². The number of nitrogens with zero attached hydrogens (tertiary/aromatic N) is 1. The quantitative estimate of drug-likeness (QED) is 0.429. The van der Waals surface area contributed by atoms with Gasteiger partial charge in [-0.2, -0.15) is 0 Å². The lowest BCUT2D eigenvalue weighted by Gasteiger charge is -2.29. The monoisotopic (exact) mass is 275 g/mol. The summed E-state index contributed by atoms with van der Waals surface area (Å²) >= 11 is 0. The van der Waals surface area contributed by atoms with Crippen LogP contribution in [0.15, 0.2) is 24.3 Å². The Morgan fingerprint density at radius 2 is 2.10 bits per heavy atom. The van der Waals surface area contributed by atoms with E-state index in [1.54, 1.807) is 11.0 Å². The molecule has 108 valence electrons. The van der Waals surface area contributed by atoms with Crippen molar-refractivity contribution in [3.63, 3.8) is 0 Å². The first kappa shape index (κ1) is 14.5. The van der Waals surface area contributed by atoms with Crippen LogP contribution in [0.3, 0.4) is 0 Å². The van der Waals surface area contributed by atoms with E-state index in [9.17, 15) is 4.79 Å². The van der Waals surface area contributed by atoms with Crippen molar-refractivity contribution in [1.29, 1.82) is 5.41 Å². The van der Waals surface area contributed by atoms with Crippen molar-refractivity contribution in [2.24, 2.45) is 11.5 Å². The van der Waals surface area contributed by atoms with Crippen LogP contribution < -0.4 is 16.8 Å². The standard InChI is InChI=1S/C14H21N5O/c15-12(14(20)19-6-4-18-5-7-19)9-10-2-1-3-11(8-10)13(16)17/h1-3,8,12,18H,4-7,9,15H2,(H3,16,17)/t12-/m0/s1. The minimum absolute atomic E-state index is 0.0141. The van der Waals surface area contributed by atoms with Crippen LogP contribution in [0, 0.1) is 5.41 Å². The molecule has 6 heteroatoms. The van der Waals surface area contributed by atoms with E-state index in [1.807, 2.05) is 18.2 Å². The van der Waals surface area contributed by atoms with E-state index in [4.69, 9.17) is 16.9 Å². The summed E-state index contributed by atoms with van der Waals surface area (Å²) in [5.74, 6) is 0.00795. The van der Waals surface area contributed by atoms with E-state index in [2.05, 4.69) is 5.32 Å². The predicted octanol–water partition coefficient (Wildman–Crippen LogP) is -0.728. The fourth-order valence-corrected chi connectivity index (χ4v) is 2.33. The number of amidine groups is 1. The van der Waals surface area contributed by atoms with E-state index >= 15 is 0 Å². The lowest BCUT2D eigenvalue weighted by atomic mass is 10.0. The molecule has 6 nitrogen and oxygen atoms in total. The Kier molecular flexibility index (Phi) is 4.70. The fraction of sp³-hybridized carbons (Fsp3) is 0.429. The van der Waals surface area contributed by atoms with Crippen molar-refractivity contribution < 1.29 is 4.79 Å². The molecule has 1 saturated heterocycles. The average Bonchev–Trinajstić information content (AvgIpc) is 2.47. The molecule has 1 atom stereocenters. The highest BCUT2D eigenvalue weighted by atomic mass is 16.2. The number of rotatable bonds is 4. The van der Waals surface area contributed by atoms with Gasteiger partial charge in [-0.1, -0.05) is 18.2 Å². The average molecular weight is 275 g/mol. The molecule has 1 heterocycles. The minimum Gasteiger partial charge on any atom is -0.384 e. The molecule has 0 radical (unpaired) electrons. The van der Waals surface area contributed by atoms with Crippen molar-refractivity contribution in [2.75, 3.05) is 26.2 Å². The van der Waals surface area contributed by atoms with E-state index in [0.29, 0.717) is 25.1 Å². The largest absolute Gasteiger partial charge is 0.384 e. The van der Waals surface area contributed by atoms with Gasteiger partial charge in [-0.25, -0.2) is 0 Å². The predicted molar refractivity (Wildman–Crippen MR) is 78.6 cm³/mol. The summed E-state index contributed by atoms with van der Waals surface area (Å²) in [6.45, 7) is 3.05. The molecule has 0 saturated carbocycles. The second-order valence-corrected chi connectivity index (χ2v) is 5.00. The zero-order chi connectivity index (χ0) is 14.5. The summed E-state index contributed by atoms with van der Waals surface area (Å²) in [4.78, 5) is 14.0. The van der Waals surface area contributed by atoms with Crippen LogP contribution in [0.4, 0.5) is 0 Å². The van der Waals surface area contributed by atoms with Gasteiger partial charge in [0.2, 0.25) is 5.91 Å². The maximum absolute atomic E-state index is 12.2. The third kappa shape index (κ3) is 3.55. The molecule has 1 aromatic carbocycles. The summed E-state index contributed by atoms with van der Waals surface area (Å²) in [5, 5.41) is 10.6. The Hall–Kier alpha value is -1.92. The van der Waals surface area contributed by atoms with Gasteiger partial charge >= 0.3 is 0 Å². The van der Waals surface area contributed by atoms with Gasteiger partial charge in [0, 0.05) is 31.7 Å². The molecule has 1 aromatic rings. The van der Waals surface area contributed by atoms with Crippen LogP contribution in [-0.2, 0) is 11.2 Å². The van der Waals surface area contributed by atoms with E-state index in [1.165, 1.54) is 0 Å². The number of nitrogens with one attached hydrogen (secondary N) is 2. The lowest BCUT2D eigenvalue weighted by molar-refractivity contribution is -0.133. The minimum atomic E-state index is -0.546. The third-order valence-corrected chi connectivity index (χ3v) is 3.44. The molecule has 1 aliphatic rings. The Labute approximate surface area is 118 Å². The molecular formula is C14H21N5O. The first-order valence-electron chi connectivity index (χ1n) is 6.76. The highest BCUT2D eigenvalue weighted by Crippen LogP contribution is 2.08. The van der Waals surface area contributed by atoms with Crippen LogP contribution in [0.1, 0.15) is 11.1 Å². The molecule has 0 aliphatic carbocycles. The Morgan fingerprint density at radius 1 is 1.40 bits per heavy atom. The first-order valence-corrected chi connectivity index (χ1v) is 6.76. The van der Waals surface area contributed by atoms with Crippen LogP contribution >= 0.6 is 0 Å². The number of nitrogens with two attached hydrogens (primary N) is 2. The Morgan fingerprint density at radius 3 is 2.75 bits per heavy atom. The van der Waals surface area contributed by atoms with Gasteiger partial charge in [0.25, 0.3) is 0 Å². The third-order valence-electron chi connectivity index (χ3n) is 3.44. The summed E-state index contributed by atoms with van der Waals surface area (Å²) in [6.07, 6.45) is 0.462. The summed E-state index contributed by atoms with van der Waals surface area (Å²) < 4.78 is 0. The lowest BCUT2D eigenvalue weighted by Crippen LogP contribution is -2.52. The van der Waals surface area contributed by atoms with Gasteiger partial charge in [0.1, 0.15) is 5.84 Å². The van der Waals surface area contributed by atoms with Crippen LogP contribution in [-0.4, -0.2) is 48.9 Å². The Bertz CT molecular complexity index is 496. The van der Waals surface area contributed by atoms with Crippen molar-refractivity contribution in [3.05, 3.63) is 35.4 Å². The normalized spacial score (nSPS) is 16.8. The molecular weight excluding hydrogens is 254 g/mol. The second-order valence-electron chi connectivity index (χ2n) is 5.00. The van der Waals surface area contributed by atoms with Crippen LogP contribution in [0.2, 0.25) is 0 Å². The molecule has 0 bridgehead atoms. The molecule has 1 amide bonds. The molecule has 20 heavy (non-hydrogen) atoms. The summed E-state index contributed by atoms with van der Waals surface area (Å²) in [5.41, 5.74) is 13.1. The number of hydrogen-bond donors (Lipinski definition) is 4. The van der Waals surface area contributed by atoms with Crippen LogP contribution in [0.5, 0.6) is 0 Å². The number of piperazine rings is 1.